The van der Waals surface area contributed by atoms with Gasteiger partial charge in [-0.15, -0.1) is 0 Å². The molecule has 1 aromatic heterocycles. The zero-order valence-corrected chi connectivity index (χ0v) is 10.3. The summed E-state index contributed by atoms with van der Waals surface area (Å²) in [5.74, 6) is 0. The van der Waals surface area contributed by atoms with Gasteiger partial charge in [-0.05, 0) is 31.5 Å². The standard InChI is InChI=1S/C13H13F3N2/c1-7-4-8(2)12-9(5-7)10(17-3)6-11(18-12)13(14,15)16/h4-6H,1-3H3,(H,17,18). The second-order valence-electron chi connectivity index (χ2n) is 4.28. The molecule has 18 heavy (non-hydrogen) atoms. The molecule has 0 fully saturated rings. The SMILES string of the molecule is CNc1cc(C(F)(F)F)nc2c(C)cc(C)cc12. The maximum absolute atomic E-state index is 12.8. The number of anilines is 1. The Labute approximate surface area is 103 Å². The second-order valence-corrected chi connectivity index (χ2v) is 4.28. The molecule has 0 bridgehead atoms. The van der Waals surface area contributed by atoms with Crippen LogP contribution in [0.4, 0.5) is 18.9 Å². The predicted octanol–water partition coefficient (Wildman–Crippen LogP) is 3.91. The molecule has 0 amide bonds. The molecule has 0 atom stereocenters. The molecule has 0 unspecified atom stereocenters. The molecule has 1 heterocycles. The van der Waals surface area contributed by atoms with E-state index in [0.29, 0.717) is 16.6 Å². The Morgan fingerprint density at radius 2 is 1.78 bits per heavy atom. The molecule has 0 aliphatic rings. The van der Waals surface area contributed by atoms with Crippen LogP contribution in [0.5, 0.6) is 0 Å². The zero-order chi connectivity index (χ0) is 13.5. The van der Waals surface area contributed by atoms with E-state index in [2.05, 4.69) is 10.3 Å². The Balaban J connectivity index is 2.84. The van der Waals surface area contributed by atoms with Crippen molar-refractivity contribution in [1.29, 1.82) is 0 Å². The monoisotopic (exact) mass is 254 g/mol. The van der Waals surface area contributed by atoms with Crippen molar-refractivity contribution in [2.45, 2.75) is 20.0 Å². The number of halogens is 3. The lowest BCUT2D eigenvalue weighted by Gasteiger charge is -2.13. The van der Waals surface area contributed by atoms with Crippen molar-refractivity contribution >= 4 is 16.6 Å². The fourth-order valence-electron chi connectivity index (χ4n) is 2.03. The van der Waals surface area contributed by atoms with E-state index in [-0.39, 0.29) is 0 Å². The highest BCUT2D eigenvalue weighted by Gasteiger charge is 2.33. The van der Waals surface area contributed by atoms with Crippen LogP contribution in [0.25, 0.3) is 10.9 Å². The van der Waals surface area contributed by atoms with Crippen LogP contribution in [-0.2, 0) is 6.18 Å². The lowest BCUT2D eigenvalue weighted by molar-refractivity contribution is -0.140. The van der Waals surface area contributed by atoms with E-state index in [9.17, 15) is 13.2 Å². The first-order chi connectivity index (χ1) is 8.32. The summed E-state index contributed by atoms with van der Waals surface area (Å²) >= 11 is 0. The molecule has 0 aliphatic carbocycles. The second kappa shape index (κ2) is 4.15. The van der Waals surface area contributed by atoms with Crippen LogP contribution >= 0.6 is 0 Å². The van der Waals surface area contributed by atoms with Crippen LogP contribution in [0.2, 0.25) is 0 Å². The van der Waals surface area contributed by atoms with Gasteiger partial charge in [0.05, 0.1) is 5.52 Å². The molecule has 0 saturated carbocycles. The Bertz CT molecular complexity index is 603. The number of pyridine rings is 1. The van der Waals surface area contributed by atoms with E-state index in [1.165, 1.54) is 0 Å². The number of benzene rings is 1. The molecule has 0 aliphatic heterocycles. The molecular weight excluding hydrogens is 241 g/mol. The topological polar surface area (TPSA) is 24.9 Å². The molecule has 96 valence electrons. The van der Waals surface area contributed by atoms with Crippen LogP contribution in [0.3, 0.4) is 0 Å². The minimum atomic E-state index is -4.43. The van der Waals surface area contributed by atoms with Gasteiger partial charge in [0.25, 0.3) is 0 Å². The van der Waals surface area contributed by atoms with Gasteiger partial charge >= 0.3 is 6.18 Å². The molecule has 0 spiro atoms. The molecule has 2 nitrogen and oxygen atoms in total. The summed E-state index contributed by atoms with van der Waals surface area (Å²) in [4.78, 5) is 3.73. The number of rotatable bonds is 1. The van der Waals surface area contributed by atoms with Crippen molar-refractivity contribution in [2.75, 3.05) is 12.4 Å². The molecule has 2 aromatic rings. The summed E-state index contributed by atoms with van der Waals surface area (Å²) in [5.41, 5.74) is 1.70. The van der Waals surface area contributed by atoms with Gasteiger partial charge in [-0.3, -0.25) is 0 Å². The van der Waals surface area contributed by atoms with Crippen LogP contribution in [-0.4, -0.2) is 12.0 Å². The van der Waals surface area contributed by atoms with Crippen LogP contribution < -0.4 is 5.32 Å². The van der Waals surface area contributed by atoms with Gasteiger partial charge in [-0.2, -0.15) is 13.2 Å². The van der Waals surface area contributed by atoms with Crippen molar-refractivity contribution in [2.24, 2.45) is 0 Å². The number of aryl methyl sites for hydroxylation is 2. The smallest absolute Gasteiger partial charge is 0.388 e. The van der Waals surface area contributed by atoms with E-state index >= 15 is 0 Å². The van der Waals surface area contributed by atoms with Crippen molar-refractivity contribution in [3.05, 3.63) is 35.0 Å². The first-order valence-electron chi connectivity index (χ1n) is 5.50. The third-order valence-electron chi connectivity index (χ3n) is 2.81. The highest BCUT2D eigenvalue weighted by molar-refractivity contribution is 5.93. The van der Waals surface area contributed by atoms with Gasteiger partial charge in [0.15, 0.2) is 0 Å². The number of fused-ring (bicyclic) bond motifs is 1. The summed E-state index contributed by atoms with van der Waals surface area (Å²) in [7, 11) is 1.60. The quantitative estimate of drug-likeness (QED) is 0.834. The normalized spacial score (nSPS) is 11.9. The summed E-state index contributed by atoms with van der Waals surface area (Å²) < 4.78 is 38.3. The van der Waals surface area contributed by atoms with Gasteiger partial charge in [0, 0.05) is 18.1 Å². The fourth-order valence-corrected chi connectivity index (χ4v) is 2.03. The van der Waals surface area contributed by atoms with Crippen LogP contribution in [0, 0.1) is 13.8 Å². The molecular formula is C13H13F3N2. The Hall–Kier alpha value is -1.78. The van der Waals surface area contributed by atoms with Crippen molar-refractivity contribution in [3.63, 3.8) is 0 Å². The van der Waals surface area contributed by atoms with Crippen molar-refractivity contribution in [1.82, 2.24) is 4.98 Å². The zero-order valence-electron chi connectivity index (χ0n) is 10.3. The third kappa shape index (κ3) is 2.12. The van der Waals surface area contributed by atoms with Crippen LogP contribution in [0.15, 0.2) is 18.2 Å². The highest BCUT2D eigenvalue weighted by atomic mass is 19.4. The fraction of sp³-hybridized carbons (Fsp3) is 0.308. The first-order valence-corrected chi connectivity index (χ1v) is 5.50. The van der Waals surface area contributed by atoms with E-state index < -0.39 is 11.9 Å². The van der Waals surface area contributed by atoms with Gasteiger partial charge in [-0.25, -0.2) is 4.98 Å². The summed E-state index contributed by atoms with van der Waals surface area (Å²) in [5, 5.41) is 3.51. The molecule has 0 radical (unpaired) electrons. The summed E-state index contributed by atoms with van der Waals surface area (Å²) in [6.07, 6.45) is -4.43. The van der Waals surface area contributed by atoms with Gasteiger partial charge < -0.3 is 5.32 Å². The third-order valence-corrected chi connectivity index (χ3v) is 2.81. The number of aromatic nitrogens is 1. The molecule has 2 rings (SSSR count). The van der Waals surface area contributed by atoms with Gasteiger partial charge in [-0.1, -0.05) is 11.6 Å². The van der Waals surface area contributed by atoms with Gasteiger partial charge in [0.2, 0.25) is 0 Å². The van der Waals surface area contributed by atoms with Gasteiger partial charge in [0.1, 0.15) is 5.69 Å². The van der Waals surface area contributed by atoms with E-state index in [4.69, 9.17) is 0 Å². The minimum absolute atomic E-state index is 0.389. The minimum Gasteiger partial charge on any atom is -0.388 e. The lowest BCUT2D eigenvalue weighted by atomic mass is 10.0. The predicted molar refractivity (Wildman–Crippen MR) is 65.8 cm³/mol. The molecule has 1 aromatic carbocycles. The Morgan fingerprint density at radius 1 is 1.11 bits per heavy atom. The summed E-state index contributed by atoms with van der Waals surface area (Å²) in [6.45, 7) is 3.67. The lowest BCUT2D eigenvalue weighted by Crippen LogP contribution is -2.09. The first kappa shape index (κ1) is 12.7. The Morgan fingerprint density at radius 3 is 2.33 bits per heavy atom. The summed E-state index contributed by atoms with van der Waals surface area (Å²) in [6, 6.07) is 4.71. The largest absolute Gasteiger partial charge is 0.433 e. The number of nitrogens with one attached hydrogen (secondary N) is 1. The molecule has 1 N–H and O–H groups in total. The van der Waals surface area contributed by atoms with Crippen molar-refractivity contribution in [3.8, 4) is 0 Å². The number of alkyl halides is 3. The number of hydrogen-bond donors (Lipinski definition) is 1. The average Bonchev–Trinajstić information content (AvgIpc) is 2.26. The average molecular weight is 254 g/mol. The van der Waals surface area contributed by atoms with Crippen molar-refractivity contribution < 1.29 is 13.2 Å². The molecule has 0 saturated heterocycles. The van der Waals surface area contributed by atoms with Crippen LogP contribution in [0.1, 0.15) is 16.8 Å². The van der Waals surface area contributed by atoms with E-state index in [1.54, 1.807) is 14.0 Å². The Kier molecular flexibility index (Phi) is 2.92. The maximum Gasteiger partial charge on any atom is 0.433 e. The maximum atomic E-state index is 12.8. The highest BCUT2D eigenvalue weighted by Crippen LogP contribution is 2.34. The van der Waals surface area contributed by atoms with E-state index in [0.717, 1.165) is 17.2 Å². The number of nitrogens with zero attached hydrogens (tertiary/aromatic N) is 1. The van der Waals surface area contributed by atoms with E-state index in [1.807, 2.05) is 19.1 Å². The number of hydrogen-bond acceptors (Lipinski definition) is 2. The molecule has 5 heteroatoms.